The van der Waals surface area contributed by atoms with E-state index in [2.05, 4.69) is 0 Å². The smallest absolute Gasteiger partial charge is 0.323 e. The van der Waals surface area contributed by atoms with Gasteiger partial charge in [-0.1, -0.05) is 61.5 Å². The first-order chi connectivity index (χ1) is 18.1. The van der Waals surface area contributed by atoms with E-state index in [1.807, 2.05) is 34.6 Å². The van der Waals surface area contributed by atoms with Gasteiger partial charge in [-0.25, -0.2) is 0 Å². The van der Waals surface area contributed by atoms with E-state index in [0.717, 1.165) is 0 Å². The van der Waals surface area contributed by atoms with E-state index in [1.54, 1.807) is 46.8 Å². The van der Waals surface area contributed by atoms with Gasteiger partial charge < -0.3 is 24.7 Å². The molecule has 0 radical (unpaired) electrons. The maximum absolute atomic E-state index is 12.7. The van der Waals surface area contributed by atoms with Crippen LogP contribution in [0.25, 0.3) is 0 Å². The molecular weight excluding hydrogens is 502 g/mol. The minimum atomic E-state index is -1.03. The predicted octanol–water partition coefficient (Wildman–Crippen LogP) is 4.86. The lowest BCUT2D eigenvalue weighted by Gasteiger charge is -2.23. The second kappa shape index (κ2) is 15.6. The van der Waals surface area contributed by atoms with Crippen LogP contribution in [0.5, 0.6) is 11.5 Å². The first-order valence-electron chi connectivity index (χ1n) is 13.8. The lowest BCUT2D eigenvalue weighted by molar-refractivity contribution is -0.168. The Balaban J connectivity index is 3.04. The molecule has 6 atom stereocenters. The highest BCUT2D eigenvalue weighted by Gasteiger charge is 2.27. The van der Waals surface area contributed by atoms with Crippen molar-refractivity contribution in [2.45, 2.75) is 100 Å². The van der Waals surface area contributed by atoms with E-state index >= 15 is 0 Å². The molecule has 0 aliphatic carbocycles. The number of hydrogen-bond acceptors (Lipinski definition) is 9. The summed E-state index contributed by atoms with van der Waals surface area (Å²) in [5.41, 5.74) is 6.71. The van der Waals surface area contributed by atoms with Gasteiger partial charge in [-0.2, -0.15) is 0 Å². The van der Waals surface area contributed by atoms with Gasteiger partial charge in [0.15, 0.2) is 11.5 Å². The number of benzene rings is 1. The summed E-state index contributed by atoms with van der Waals surface area (Å²) in [4.78, 5) is 50.0. The van der Waals surface area contributed by atoms with Crippen molar-refractivity contribution in [1.82, 2.24) is 0 Å². The van der Waals surface area contributed by atoms with Crippen molar-refractivity contribution in [3.05, 3.63) is 23.8 Å². The molecule has 39 heavy (non-hydrogen) atoms. The lowest BCUT2D eigenvalue weighted by atomic mass is 9.98. The van der Waals surface area contributed by atoms with E-state index < -0.39 is 36.2 Å². The number of esters is 4. The predicted molar refractivity (Wildman–Crippen MR) is 148 cm³/mol. The van der Waals surface area contributed by atoms with Crippen molar-refractivity contribution in [3.63, 3.8) is 0 Å². The van der Waals surface area contributed by atoms with E-state index in [1.165, 1.54) is 6.07 Å². The average Bonchev–Trinajstić information content (AvgIpc) is 2.87. The molecule has 0 aliphatic heterocycles. The van der Waals surface area contributed by atoms with Crippen LogP contribution in [-0.2, 0) is 35.1 Å². The monoisotopic (exact) mass is 549 g/mol. The van der Waals surface area contributed by atoms with Gasteiger partial charge in [0.25, 0.3) is 0 Å². The zero-order chi connectivity index (χ0) is 30.0. The number of hydrogen-bond donors (Lipinski definition) is 1. The van der Waals surface area contributed by atoms with Crippen molar-refractivity contribution in [2.24, 2.45) is 35.3 Å². The lowest BCUT2D eigenvalue weighted by Crippen LogP contribution is -2.40. The molecular formula is C30H47NO8. The summed E-state index contributed by atoms with van der Waals surface area (Å²) in [6.07, 6.45) is -0.616. The van der Waals surface area contributed by atoms with E-state index in [0.29, 0.717) is 12.0 Å². The van der Waals surface area contributed by atoms with Crippen LogP contribution in [0.1, 0.15) is 81.2 Å². The summed E-state index contributed by atoms with van der Waals surface area (Å²) in [5.74, 6) is -2.62. The van der Waals surface area contributed by atoms with Crippen LogP contribution in [-0.4, -0.2) is 42.1 Å². The van der Waals surface area contributed by atoms with Crippen LogP contribution in [0, 0.1) is 29.6 Å². The zero-order valence-corrected chi connectivity index (χ0v) is 25.1. The number of carbonyl (C=O) groups excluding carboxylic acids is 4. The van der Waals surface area contributed by atoms with Crippen LogP contribution >= 0.6 is 0 Å². The van der Waals surface area contributed by atoms with Gasteiger partial charge in [-0.05, 0) is 56.2 Å². The SMILES string of the molecule is CCC(C)C(=O)O[C@@H](C)[C@H](C)OC(=O)[C@@H](N)Cc1ccc(OC(=O)C(C)C(C)C)c(OC(=O)C(C)C(C)C)c1. The topological polar surface area (TPSA) is 131 Å². The van der Waals surface area contributed by atoms with E-state index in [9.17, 15) is 19.2 Å². The number of carbonyl (C=O) groups is 4. The van der Waals surface area contributed by atoms with Gasteiger partial charge in [0, 0.05) is 0 Å². The molecule has 0 saturated carbocycles. The molecule has 0 aromatic heterocycles. The largest absolute Gasteiger partial charge is 0.459 e. The fourth-order valence-electron chi connectivity index (χ4n) is 3.06. The van der Waals surface area contributed by atoms with Crippen LogP contribution in [0.15, 0.2) is 18.2 Å². The Morgan fingerprint density at radius 3 is 1.62 bits per heavy atom. The maximum atomic E-state index is 12.7. The summed E-state index contributed by atoms with van der Waals surface area (Å²) in [6, 6.07) is 3.69. The highest BCUT2D eigenvalue weighted by Crippen LogP contribution is 2.31. The molecule has 1 rings (SSSR count). The number of nitrogens with two attached hydrogens (primary N) is 1. The minimum Gasteiger partial charge on any atom is -0.459 e. The van der Waals surface area contributed by atoms with Crippen molar-refractivity contribution in [3.8, 4) is 11.5 Å². The van der Waals surface area contributed by atoms with Crippen LogP contribution in [0.2, 0.25) is 0 Å². The normalized spacial score (nSPS) is 16.0. The fraction of sp³-hybridized carbons (Fsp3) is 0.667. The molecule has 1 aromatic rings. The van der Waals surface area contributed by atoms with Crippen LogP contribution < -0.4 is 15.2 Å². The maximum Gasteiger partial charge on any atom is 0.323 e. The Morgan fingerprint density at radius 1 is 0.692 bits per heavy atom. The van der Waals surface area contributed by atoms with Crippen LogP contribution in [0.4, 0.5) is 0 Å². The molecule has 0 bridgehead atoms. The summed E-state index contributed by atoms with van der Waals surface area (Å²) < 4.78 is 22.0. The second-order valence-electron chi connectivity index (χ2n) is 11.1. The molecule has 0 spiro atoms. The third kappa shape index (κ3) is 10.6. The van der Waals surface area contributed by atoms with Gasteiger partial charge in [0.05, 0.1) is 17.8 Å². The molecule has 0 heterocycles. The molecule has 220 valence electrons. The van der Waals surface area contributed by atoms with Crippen molar-refractivity contribution in [2.75, 3.05) is 0 Å². The number of ether oxygens (including phenoxy) is 4. The first-order valence-corrected chi connectivity index (χ1v) is 13.8. The third-order valence-corrected chi connectivity index (χ3v) is 7.21. The van der Waals surface area contributed by atoms with Gasteiger partial charge >= 0.3 is 23.9 Å². The van der Waals surface area contributed by atoms with Gasteiger partial charge in [-0.15, -0.1) is 0 Å². The fourth-order valence-corrected chi connectivity index (χ4v) is 3.06. The molecule has 2 N–H and O–H groups in total. The summed E-state index contributed by atoms with van der Waals surface area (Å²) in [6.45, 7) is 18.1. The summed E-state index contributed by atoms with van der Waals surface area (Å²) in [5, 5.41) is 0. The molecule has 1 aromatic carbocycles. The Bertz CT molecular complexity index is 989. The highest BCUT2D eigenvalue weighted by molar-refractivity contribution is 5.79. The zero-order valence-electron chi connectivity index (χ0n) is 25.1. The standard InChI is InChI=1S/C30H47NO8/c1-11-18(6)27(32)36-21(9)22(10)37-30(35)24(31)14-23-12-13-25(38-28(33)19(7)16(2)3)26(15-23)39-29(34)20(8)17(4)5/h12-13,15-22,24H,11,14,31H2,1-10H3/t18?,19?,20?,21-,22-,24-/m0/s1. The van der Waals surface area contributed by atoms with Crippen molar-refractivity contribution >= 4 is 23.9 Å². The average molecular weight is 550 g/mol. The van der Waals surface area contributed by atoms with Gasteiger partial charge in [-0.3, -0.25) is 19.2 Å². The Hall–Kier alpha value is -2.94. The quantitative estimate of drug-likeness (QED) is 0.255. The summed E-state index contributed by atoms with van der Waals surface area (Å²) in [7, 11) is 0. The Morgan fingerprint density at radius 2 is 1.15 bits per heavy atom. The highest BCUT2D eigenvalue weighted by atomic mass is 16.6. The molecule has 0 saturated heterocycles. The first kappa shape index (κ1) is 34.1. The molecule has 0 amide bonds. The van der Waals surface area contributed by atoms with Crippen LogP contribution in [0.3, 0.4) is 0 Å². The Kier molecular flexibility index (Phi) is 13.6. The Labute approximate surface area is 233 Å². The third-order valence-electron chi connectivity index (χ3n) is 7.21. The van der Waals surface area contributed by atoms with Gasteiger partial charge in [0.2, 0.25) is 0 Å². The van der Waals surface area contributed by atoms with E-state index in [-0.39, 0.29) is 53.5 Å². The molecule has 9 heteroatoms. The minimum absolute atomic E-state index is 0.0460. The van der Waals surface area contributed by atoms with E-state index in [4.69, 9.17) is 24.7 Å². The number of rotatable bonds is 14. The van der Waals surface area contributed by atoms with Gasteiger partial charge in [0.1, 0.15) is 18.2 Å². The molecule has 3 unspecified atom stereocenters. The molecule has 0 aliphatic rings. The summed E-state index contributed by atoms with van der Waals surface area (Å²) >= 11 is 0. The second-order valence-corrected chi connectivity index (χ2v) is 11.1. The molecule has 0 fully saturated rings. The molecule has 9 nitrogen and oxygen atoms in total. The van der Waals surface area contributed by atoms with Crippen molar-refractivity contribution in [1.29, 1.82) is 0 Å². The van der Waals surface area contributed by atoms with Crippen molar-refractivity contribution < 1.29 is 38.1 Å².